The van der Waals surface area contributed by atoms with Crippen LogP contribution in [-0.2, 0) is 4.79 Å². The van der Waals surface area contributed by atoms with Crippen molar-refractivity contribution >= 4 is 35.4 Å². The van der Waals surface area contributed by atoms with Gasteiger partial charge in [-0.15, -0.1) is 10.2 Å². The van der Waals surface area contributed by atoms with E-state index < -0.39 is 5.97 Å². The molecule has 0 aliphatic carbocycles. The molecule has 0 atom stereocenters. The molecule has 0 amide bonds. The highest BCUT2D eigenvalue weighted by Gasteiger charge is 2.16. The second-order valence-corrected chi connectivity index (χ2v) is 6.46. The van der Waals surface area contributed by atoms with Crippen LogP contribution in [0.3, 0.4) is 0 Å². The first-order valence-corrected chi connectivity index (χ1v) is 8.59. The van der Waals surface area contributed by atoms with Crippen LogP contribution >= 0.6 is 23.4 Å². The summed E-state index contributed by atoms with van der Waals surface area (Å²) in [7, 11) is 1.51. The van der Waals surface area contributed by atoms with Crippen LogP contribution in [0.4, 0.5) is 0 Å². The van der Waals surface area contributed by atoms with Gasteiger partial charge in [0.05, 0.1) is 18.6 Å². The van der Waals surface area contributed by atoms with Crippen molar-refractivity contribution in [2.45, 2.75) is 5.22 Å². The standard InChI is InChI=1S/C18H13ClN2O4S/c1-24-14-8-7-12(19)10-13(14)16-20-21-18(25-16)26-15(17(22)23)9-11-5-3-2-4-6-11/h2-10H,1H3,(H,22,23)/p-1/b15-9-. The van der Waals surface area contributed by atoms with Gasteiger partial charge >= 0.3 is 0 Å². The molecule has 0 radical (unpaired) electrons. The van der Waals surface area contributed by atoms with E-state index in [2.05, 4.69) is 10.2 Å². The molecule has 2 aromatic carbocycles. The molecule has 0 saturated heterocycles. The van der Waals surface area contributed by atoms with Gasteiger partial charge in [-0.2, -0.15) is 0 Å². The normalized spacial score (nSPS) is 11.4. The molecule has 3 aromatic rings. The van der Waals surface area contributed by atoms with E-state index in [0.29, 0.717) is 16.3 Å². The number of hydrogen-bond acceptors (Lipinski definition) is 7. The molecule has 1 aromatic heterocycles. The number of halogens is 1. The van der Waals surface area contributed by atoms with Crippen molar-refractivity contribution in [2.24, 2.45) is 0 Å². The molecule has 26 heavy (non-hydrogen) atoms. The Kier molecular flexibility index (Phi) is 5.60. The quantitative estimate of drug-likeness (QED) is 0.473. The summed E-state index contributed by atoms with van der Waals surface area (Å²) in [6.07, 6.45) is 1.48. The Balaban J connectivity index is 1.89. The van der Waals surface area contributed by atoms with Crippen molar-refractivity contribution < 1.29 is 19.1 Å². The van der Waals surface area contributed by atoms with Gasteiger partial charge in [-0.25, -0.2) is 0 Å². The molecule has 0 unspecified atom stereocenters. The number of benzene rings is 2. The minimum Gasteiger partial charge on any atom is -0.544 e. The van der Waals surface area contributed by atoms with Crippen molar-refractivity contribution in [3.8, 4) is 17.2 Å². The molecule has 8 heteroatoms. The van der Waals surface area contributed by atoms with Gasteiger partial charge in [0, 0.05) is 9.93 Å². The number of carboxylic acid groups (broad SMARTS) is 1. The molecule has 0 aliphatic heterocycles. The number of hydrogen-bond donors (Lipinski definition) is 0. The molecule has 1 heterocycles. The van der Waals surface area contributed by atoms with Crippen molar-refractivity contribution in [1.82, 2.24) is 10.2 Å². The van der Waals surface area contributed by atoms with Gasteiger partial charge in [0.2, 0.25) is 0 Å². The maximum Gasteiger partial charge on any atom is 0.281 e. The Hall–Kier alpha value is -2.77. The van der Waals surface area contributed by atoms with Crippen LogP contribution in [0.1, 0.15) is 5.56 Å². The summed E-state index contributed by atoms with van der Waals surface area (Å²) in [6, 6.07) is 14.0. The summed E-state index contributed by atoms with van der Waals surface area (Å²) in [5.74, 6) is -0.655. The molecular weight excluding hydrogens is 376 g/mol. The summed E-state index contributed by atoms with van der Waals surface area (Å²) >= 11 is 6.81. The van der Waals surface area contributed by atoms with Crippen LogP contribution in [0.5, 0.6) is 5.75 Å². The van der Waals surface area contributed by atoms with Gasteiger partial charge in [-0.1, -0.05) is 41.9 Å². The highest BCUT2D eigenvalue weighted by molar-refractivity contribution is 8.03. The highest BCUT2D eigenvalue weighted by atomic mass is 35.5. The summed E-state index contributed by atoms with van der Waals surface area (Å²) in [6.45, 7) is 0. The summed E-state index contributed by atoms with van der Waals surface area (Å²) in [5, 5.41) is 19.8. The minimum atomic E-state index is -1.33. The zero-order valence-corrected chi connectivity index (χ0v) is 15.1. The Bertz CT molecular complexity index is 957. The zero-order valence-electron chi connectivity index (χ0n) is 13.5. The third kappa shape index (κ3) is 4.25. The van der Waals surface area contributed by atoms with Gasteiger partial charge in [0.1, 0.15) is 5.75 Å². The van der Waals surface area contributed by atoms with Gasteiger partial charge < -0.3 is 19.1 Å². The fraction of sp³-hybridized carbons (Fsp3) is 0.0556. The topological polar surface area (TPSA) is 88.3 Å². The van der Waals surface area contributed by atoms with Crippen molar-refractivity contribution in [3.63, 3.8) is 0 Å². The molecule has 0 fully saturated rings. The lowest BCUT2D eigenvalue weighted by atomic mass is 10.2. The van der Waals surface area contributed by atoms with Crippen molar-refractivity contribution in [1.29, 1.82) is 0 Å². The fourth-order valence-electron chi connectivity index (χ4n) is 2.13. The van der Waals surface area contributed by atoms with Crippen LogP contribution in [0.25, 0.3) is 17.5 Å². The fourth-order valence-corrected chi connectivity index (χ4v) is 2.97. The third-order valence-electron chi connectivity index (χ3n) is 3.29. The van der Waals surface area contributed by atoms with Crippen LogP contribution in [0.2, 0.25) is 5.02 Å². The molecule has 0 saturated carbocycles. The molecule has 6 nitrogen and oxygen atoms in total. The number of aliphatic carboxylic acids is 1. The van der Waals surface area contributed by atoms with E-state index >= 15 is 0 Å². The number of rotatable bonds is 6. The van der Waals surface area contributed by atoms with E-state index in [1.807, 2.05) is 6.07 Å². The second kappa shape index (κ2) is 8.07. The Morgan fingerprint density at radius 3 is 2.69 bits per heavy atom. The first kappa shape index (κ1) is 18.0. The van der Waals surface area contributed by atoms with Gasteiger partial charge in [-0.05, 0) is 41.6 Å². The van der Waals surface area contributed by atoms with Gasteiger partial charge in [0.25, 0.3) is 11.1 Å². The predicted octanol–water partition coefficient (Wildman–Crippen LogP) is 3.28. The number of methoxy groups -OCH3 is 1. The van der Waals surface area contributed by atoms with Crippen LogP contribution in [-0.4, -0.2) is 23.3 Å². The SMILES string of the molecule is COc1ccc(Cl)cc1-c1nnc(S/C(=C\c2ccccc2)C(=O)[O-])o1. The number of ether oxygens (including phenoxy) is 1. The van der Waals surface area contributed by atoms with Crippen molar-refractivity contribution in [3.05, 3.63) is 64.0 Å². The summed E-state index contributed by atoms with van der Waals surface area (Å²) < 4.78 is 10.8. The predicted molar refractivity (Wildman–Crippen MR) is 96.6 cm³/mol. The Morgan fingerprint density at radius 1 is 1.23 bits per heavy atom. The summed E-state index contributed by atoms with van der Waals surface area (Å²) in [4.78, 5) is 11.4. The lowest BCUT2D eigenvalue weighted by molar-refractivity contribution is -0.298. The number of aromatic nitrogens is 2. The first-order chi connectivity index (χ1) is 12.6. The molecule has 0 N–H and O–H groups in total. The van der Waals surface area contributed by atoms with Crippen molar-refractivity contribution in [2.75, 3.05) is 7.11 Å². The second-order valence-electron chi connectivity index (χ2n) is 5.03. The summed E-state index contributed by atoms with van der Waals surface area (Å²) in [5.41, 5.74) is 1.23. The molecule has 3 rings (SSSR count). The maximum absolute atomic E-state index is 11.4. The van der Waals surface area contributed by atoms with Crippen LogP contribution in [0.15, 0.2) is 63.1 Å². The Morgan fingerprint density at radius 2 is 2.00 bits per heavy atom. The average molecular weight is 388 g/mol. The largest absolute Gasteiger partial charge is 0.544 e. The van der Waals surface area contributed by atoms with E-state index in [-0.39, 0.29) is 16.0 Å². The monoisotopic (exact) mass is 387 g/mol. The average Bonchev–Trinajstić information content (AvgIpc) is 3.10. The van der Waals surface area contributed by atoms with Gasteiger partial charge in [-0.3, -0.25) is 0 Å². The number of carboxylic acids is 1. The first-order valence-electron chi connectivity index (χ1n) is 7.40. The lowest BCUT2D eigenvalue weighted by Crippen LogP contribution is -2.22. The van der Waals surface area contributed by atoms with Gasteiger partial charge in [0.15, 0.2) is 0 Å². The molecular formula is C18H12ClN2O4S-. The molecule has 132 valence electrons. The number of carbonyl (C=O) groups excluding carboxylic acids is 1. The Labute approximate surface area is 158 Å². The number of carbonyl (C=O) groups is 1. The molecule has 0 aliphatic rings. The minimum absolute atomic E-state index is 0.0514. The van der Waals surface area contributed by atoms with Crippen LogP contribution < -0.4 is 9.84 Å². The zero-order chi connectivity index (χ0) is 18.5. The van der Waals surface area contributed by atoms with E-state index in [0.717, 1.165) is 17.3 Å². The van der Waals surface area contributed by atoms with E-state index in [1.54, 1.807) is 42.5 Å². The van der Waals surface area contributed by atoms with E-state index in [4.69, 9.17) is 20.8 Å². The third-order valence-corrected chi connectivity index (χ3v) is 4.37. The number of thioether (sulfide) groups is 1. The molecule has 0 spiro atoms. The smallest absolute Gasteiger partial charge is 0.281 e. The molecule has 0 bridgehead atoms. The number of nitrogens with zero attached hydrogens (tertiary/aromatic N) is 2. The van der Waals surface area contributed by atoms with E-state index in [1.165, 1.54) is 13.2 Å². The lowest BCUT2D eigenvalue weighted by Gasteiger charge is -2.06. The van der Waals surface area contributed by atoms with E-state index in [9.17, 15) is 9.90 Å². The highest BCUT2D eigenvalue weighted by Crippen LogP contribution is 2.34. The van der Waals surface area contributed by atoms with Crippen LogP contribution in [0, 0.1) is 0 Å². The maximum atomic E-state index is 11.4.